The van der Waals surface area contributed by atoms with Crippen LogP contribution < -0.4 is 0 Å². The molecule has 2 atom stereocenters. The predicted molar refractivity (Wildman–Crippen MR) is 117 cm³/mol. The van der Waals surface area contributed by atoms with Crippen LogP contribution in [0.4, 0.5) is 0 Å². The predicted octanol–water partition coefficient (Wildman–Crippen LogP) is 3.28. The number of morpholine rings is 1. The first kappa shape index (κ1) is 24.2. The average Bonchev–Trinajstić information content (AvgIpc) is 2.76. The van der Waals surface area contributed by atoms with Gasteiger partial charge >= 0.3 is 11.9 Å². The molecular weight excluding hydrogens is 458 g/mol. The third-order valence-corrected chi connectivity index (χ3v) is 7.23. The van der Waals surface area contributed by atoms with E-state index in [9.17, 15) is 18.0 Å². The lowest BCUT2D eigenvalue weighted by Gasteiger charge is -2.34. The van der Waals surface area contributed by atoms with Crippen LogP contribution in [0.15, 0.2) is 47.4 Å². The van der Waals surface area contributed by atoms with Crippen LogP contribution in [0.2, 0.25) is 5.02 Å². The van der Waals surface area contributed by atoms with Crippen molar-refractivity contribution in [3.8, 4) is 0 Å². The zero-order chi connectivity index (χ0) is 23.5. The second-order valence-corrected chi connectivity index (χ2v) is 9.80. The molecule has 0 radical (unpaired) electrons. The van der Waals surface area contributed by atoms with Crippen molar-refractivity contribution in [2.24, 2.45) is 0 Å². The molecule has 0 amide bonds. The quantitative estimate of drug-likeness (QED) is 0.584. The van der Waals surface area contributed by atoms with Crippen molar-refractivity contribution in [1.82, 2.24) is 4.31 Å². The van der Waals surface area contributed by atoms with Crippen molar-refractivity contribution in [2.75, 3.05) is 20.2 Å². The molecule has 0 bridgehead atoms. The first-order chi connectivity index (χ1) is 15.1. The molecule has 0 aliphatic carbocycles. The molecule has 1 aliphatic heterocycles. The van der Waals surface area contributed by atoms with Gasteiger partial charge in [-0.15, -0.1) is 0 Å². The number of sulfonamides is 1. The van der Waals surface area contributed by atoms with Crippen LogP contribution in [0.5, 0.6) is 0 Å². The lowest BCUT2D eigenvalue weighted by molar-refractivity contribution is -0.0440. The van der Waals surface area contributed by atoms with Crippen LogP contribution in [-0.4, -0.2) is 57.1 Å². The van der Waals surface area contributed by atoms with Gasteiger partial charge in [-0.25, -0.2) is 18.0 Å². The van der Waals surface area contributed by atoms with E-state index in [0.717, 1.165) is 0 Å². The van der Waals surface area contributed by atoms with E-state index in [-0.39, 0.29) is 47.4 Å². The monoisotopic (exact) mass is 481 g/mol. The zero-order valence-corrected chi connectivity index (χ0v) is 19.5. The van der Waals surface area contributed by atoms with Crippen LogP contribution >= 0.6 is 11.6 Å². The highest BCUT2D eigenvalue weighted by Gasteiger charge is 2.34. The summed E-state index contributed by atoms with van der Waals surface area (Å²) in [7, 11) is -2.64. The van der Waals surface area contributed by atoms with Gasteiger partial charge in [-0.3, -0.25) is 0 Å². The molecule has 0 unspecified atom stereocenters. The van der Waals surface area contributed by atoms with Gasteiger partial charge in [0.1, 0.15) is 11.5 Å². The third kappa shape index (κ3) is 5.47. The van der Waals surface area contributed by atoms with Gasteiger partial charge in [0.05, 0.1) is 35.5 Å². The van der Waals surface area contributed by atoms with Crippen molar-refractivity contribution in [1.29, 1.82) is 0 Å². The van der Waals surface area contributed by atoms with Gasteiger partial charge in [-0.2, -0.15) is 4.31 Å². The molecule has 1 heterocycles. The molecule has 10 heteroatoms. The van der Waals surface area contributed by atoms with Gasteiger partial charge < -0.3 is 14.2 Å². The minimum atomic E-state index is -3.93. The van der Waals surface area contributed by atoms with Crippen molar-refractivity contribution in [3.05, 3.63) is 64.2 Å². The second kappa shape index (κ2) is 9.99. The Morgan fingerprint density at radius 2 is 1.62 bits per heavy atom. The van der Waals surface area contributed by atoms with Gasteiger partial charge in [0, 0.05) is 13.1 Å². The van der Waals surface area contributed by atoms with Crippen molar-refractivity contribution >= 4 is 33.6 Å². The molecule has 8 nitrogen and oxygen atoms in total. The first-order valence-electron chi connectivity index (χ1n) is 9.91. The summed E-state index contributed by atoms with van der Waals surface area (Å²) in [5.74, 6) is -1.16. The summed E-state index contributed by atoms with van der Waals surface area (Å²) < 4.78 is 43.2. The molecule has 2 aromatic carbocycles. The van der Waals surface area contributed by atoms with Gasteiger partial charge in [-0.05, 0) is 49.7 Å². The van der Waals surface area contributed by atoms with E-state index in [1.165, 1.54) is 29.6 Å². The number of hydrogen-bond acceptors (Lipinski definition) is 7. The van der Waals surface area contributed by atoms with Crippen LogP contribution in [0.25, 0.3) is 0 Å². The Kier molecular flexibility index (Phi) is 7.55. The van der Waals surface area contributed by atoms with Crippen molar-refractivity contribution < 1.29 is 32.2 Å². The number of hydrogen-bond donors (Lipinski definition) is 0. The van der Waals surface area contributed by atoms with Gasteiger partial charge in [0.2, 0.25) is 10.0 Å². The number of nitrogens with zero attached hydrogens (tertiary/aromatic N) is 1. The minimum absolute atomic E-state index is 0.0201. The standard InChI is InChI=1S/C22H24ClNO7S/c1-14-11-24(12-15(2)31-14)32(27,28)20-10-18(8-9-19(20)23)22(26)30-13-16-4-6-17(7-5-16)21(25)29-3/h4-10,14-15H,11-13H2,1-3H3/t14-,15-/m1/s1. The number of methoxy groups -OCH3 is 1. The number of benzene rings is 2. The fraction of sp³-hybridized carbons (Fsp3) is 0.364. The largest absolute Gasteiger partial charge is 0.465 e. The van der Waals surface area contributed by atoms with Crippen molar-refractivity contribution in [3.63, 3.8) is 0 Å². The van der Waals surface area contributed by atoms with Gasteiger partial charge in [-0.1, -0.05) is 23.7 Å². The number of carbonyl (C=O) groups excluding carboxylic acids is 2. The van der Waals surface area contributed by atoms with E-state index in [1.807, 2.05) is 0 Å². The van der Waals surface area contributed by atoms with Crippen LogP contribution in [0.1, 0.15) is 40.1 Å². The highest BCUT2D eigenvalue weighted by atomic mass is 35.5. The molecule has 32 heavy (non-hydrogen) atoms. The molecule has 3 rings (SSSR count). The summed E-state index contributed by atoms with van der Waals surface area (Å²) in [4.78, 5) is 23.9. The molecule has 0 saturated carbocycles. The van der Waals surface area contributed by atoms with E-state index in [4.69, 9.17) is 21.1 Å². The normalized spacial score (nSPS) is 19.4. The number of esters is 2. The van der Waals surface area contributed by atoms with Crippen LogP contribution in [-0.2, 0) is 30.8 Å². The molecule has 2 aromatic rings. The number of halogens is 1. The second-order valence-electron chi connectivity index (χ2n) is 7.49. The maximum Gasteiger partial charge on any atom is 0.338 e. The Labute approximate surface area is 192 Å². The SMILES string of the molecule is COC(=O)c1ccc(COC(=O)c2ccc(Cl)c(S(=O)(=O)N3C[C@@H](C)O[C@H](C)C3)c2)cc1. The fourth-order valence-electron chi connectivity index (χ4n) is 3.38. The minimum Gasteiger partial charge on any atom is -0.465 e. The summed E-state index contributed by atoms with van der Waals surface area (Å²) >= 11 is 6.18. The van der Waals surface area contributed by atoms with Crippen molar-refractivity contribution in [2.45, 2.75) is 37.6 Å². The molecule has 0 aromatic heterocycles. The number of ether oxygens (including phenoxy) is 3. The topological polar surface area (TPSA) is 99.2 Å². The molecule has 1 fully saturated rings. The fourth-order valence-corrected chi connectivity index (χ4v) is 5.47. The molecule has 0 spiro atoms. The highest BCUT2D eigenvalue weighted by Crippen LogP contribution is 2.28. The summed E-state index contributed by atoms with van der Waals surface area (Å²) in [5.41, 5.74) is 1.10. The smallest absolute Gasteiger partial charge is 0.338 e. The first-order valence-corrected chi connectivity index (χ1v) is 11.7. The van der Waals surface area contributed by atoms with Crippen LogP contribution in [0.3, 0.4) is 0 Å². The Morgan fingerprint density at radius 1 is 1.03 bits per heavy atom. The molecule has 172 valence electrons. The number of rotatable bonds is 6. The van der Waals surface area contributed by atoms with E-state index >= 15 is 0 Å². The molecular formula is C22H24ClNO7S. The highest BCUT2D eigenvalue weighted by molar-refractivity contribution is 7.89. The van der Waals surface area contributed by atoms with E-state index in [0.29, 0.717) is 11.1 Å². The summed E-state index contributed by atoms with van der Waals surface area (Å²) in [6.07, 6.45) is -0.517. The van der Waals surface area contributed by atoms with E-state index in [2.05, 4.69) is 4.74 Å². The maximum absolute atomic E-state index is 13.2. The third-order valence-electron chi connectivity index (χ3n) is 4.92. The maximum atomic E-state index is 13.2. The summed E-state index contributed by atoms with van der Waals surface area (Å²) in [5, 5.41) is 0.0201. The lowest BCUT2D eigenvalue weighted by Crippen LogP contribution is -2.48. The van der Waals surface area contributed by atoms with Crippen LogP contribution in [0, 0.1) is 0 Å². The lowest BCUT2D eigenvalue weighted by atomic mass is 10.1. The zero-order valence-electron chi connectivity index (χ0n) is 17.9. The summed E-state index contributed by atoms with van der Waals surface area (Å²) in [6, 6.07) is 10.4. The van der Waals surface area contributed by atoms with Gasteiger partial charge in [0.15, 0.2) is 0 Å². The Balaban J connectivity index is 1.74. The Bertz CT molecular complexity index is 1090. The van der Waals surface area contributed by atoms with Gasteiger partial charge in [0.25, 0.3) is 0 Å². The Hall–Kier alpha value is -2.46. The van der Waals surface area contributed by atoms with E-state index in [1.54, 1.807) is 38.1 Å². The molecule has 1 saturated heterocycles. The summed E-state index contributed by atoms with van der Waals surface area (Å²) in [6.45, 7) is 3.93. The molecule has 1 aliphatic rings. The average molecular weight is 482 g/mol. The Morgan fingerprint density at radius 3 is 2.22 bits per heavy atom. The number of carbonyl (C=O) groups is 2. The van der Waals surface area contributed by atoms with E-state index < -0.39 is 22.0 Å². The molecule has 0 N–H and O–H groups in total.